The van der Waals surface area contributed by atoms with Gasteiger partial charge in [0.25, 0.3) is 20.0 Å². The fraction of sp³-hybridized carbons (Fsp3) is 0.250. The summed E-state index contributed by atoms with van der Waals surface area (Å²) in [4.78, 5) is -0.149. The van der Waals surface area contributed by atoms with E-state index in [0.29, 0.717) is 11.5 Å². The van der Waals surface area contributed by atoms with Crippen molar-refractivity contribution < 1.29 is 39.8 Å². The quantitative estimate of drug-likeness (QED) is 0.384. The Morgan fingerprint density at radius 3 is 1.74 bits per heavy atom. The molecule has 1 saturated heterocycles. The maximum atomic E-state index is 13.7. The lowest BCUT2D eigenvalue weighted by Gasteiger charge is -2.31. The highest BCUT2D eigenvalue weighted by Crippen LogP contribution is 2.33. The summed E-state index contributed by atoms with van der Waals surface area (Å²) < 4.78 is 90.8. The molecule has 0 amide bonds. The summed E-state index contributed by atoms with van der Waals surface area (Å²) >= 11 is 0. The van der Waals surface area contributed by atoms with Crippen molar-refractivity contribution in [1.82, 2.24) is 0 Å². The number of aliphatic hydroxyl groups is 1. The number of benzene rings is 3. The SMILES string of the molecule is COc1ccc(S(=O)(=O)Nc2ccc(N([C@H]3CS(=O)(=O)C[C@H]3O)S(=O)(=O)c3ccc(OC)cc3)cc2)cc1. The largest absolute Gasteiger partial charge is 0.497 e. The van der Waals surface area contributed by atoms with E-state index in [-0.39, 0.29) is 21.2 Å². The highest BCUT2D eigenvalue weighted by Gasteiger charge is 2.45. The van der Waals surface area contributed by atoms with E-state index in [1.807, 2.05) is 0 Å². The molecule has 0 spiro atoms. The van der Waals surface area contributed by atoms with Crippen LogP contribution >= 0.6 is 0 Å². The highest BCUT2D eigenvalue weighted by atomic mass is 32.2. The Morgan fingerprint density at radius 2 is 1.29 bits per heavy atom. The molecule has 0 aromatic heterocycles. The number of hydrogen-bond acceptors (Lipinski definition) is 9. The Balaban J connectivity index is 1.69. The van der Waals surface area contributed by atoms with E-state index in [1.54, 1.807) is 0 Å². The van der Waals surface area contributed by atoms with Crippen molar-refractivity contribution in [2.75, 3.05) is 34.8 Å². The average Bonchev–Trinajstić information content (AvgIpc) is 3.16. The van der Waals surface area contributed by atoms with Gasteiger partial charge >= 0.3 is 0 Å². The van der Waals surface area contributed by atoms with Crippen LogP contribution in [-0.4, -0.2) is 68.2 Å². The van der Waals surface area contributed by atoms with Crippen LogP contribution in [0.4, 0.5) is 11.4 Å². The zero-order valence-corrected chi connectivity index (χ0v) is 22.8. The predicted molar refractivity (Wildman–Crippen MR) is 141 cm³/mol. The monoisotopic (exact) mass is 582 g/mol. The Bertz CT molecular complexity index is 1600. The zero-order valence-electron chi connectivity index (χ0n) is 20.4. The lowest BCUT2D eigenvalue weighted by Crippen LogP contribution is -2.47. The minimum absolute atomic E-state index is 0.00892. The van der Waals surface area contributed by atoms with Crippen LogP contribution in [-0.2, 0) is 29.9 Å². The van der Waals surface area contributed by atoms with Gasteiger partial charge < -0.3 is 14.6 Å². The van der Waals surface area contributed by atoms with Gasteiger partial charge in [-0.1, -0.05) is 0 Å². The third-order valence-corrected chi connectivity index (χ3v) is 10.9. The molecule has 204 valence electrons. The standard InChI is InChI=1S/C24H26N2O9S3/c1-34-19-7-11-21(12-8-19)37(30,31)25-17-3-5-18(6-4-17)26(23-15-36(28,29)16-24(23)27)38(32,33)22-13-9-20(35-2)10-14-22/h3-14,23-25,27H,15-16H2,1-2H3/t23-,24+/m0/s1. The molecule has 2 N–H and O–H groups in total. The molecule has 2 atom stereocenters. The van der Waals surface area contributed by atoms with Crippen LogP contribution in [0.5, 0.6) is 11.5 Å². The lowest BCUT2D eigenvalue weighted by atomic mass is 10.2. The molecule has 3 aromatic carbocycles. The fourth-order valence-corrected chi connectivity index (χ4v) is 8.65. The van der Waals surface area contributed by atoms with E-state index in [4.69, 9.17) is 9.47 Å². The Hall–Kier alpha value is -3.33. The molecule has 4 rings (SSSR count). The Morgan fingerprint density at radius 1 is 0.789 bits per heavy atom. The van der Waals surface area contributed by atoms with Crippen LogP contribution in [0.25, 0.3) is 0 Å². The normalized spacial score (nSPS) is 19.0. The van der Waals surface area contributed by atoms with Gasteiger partial charge in [0.2, 0.25) is 0 Å². The number of anilines is 2. The van der Waals surface area contributed by atoms with E-state index in [0.717, 1.165) is 4.31 Å². The second kappa shape index (κ2) is 10.4. The zero-order chi connectivity index (χ0) is 27.7. The molecular weight excluding hydrogens is 556 g/mol. The third kappa shape index (κ3) is 5.72. The van der Waals surface area contributed by atoms with Gasteiger partial charge in [-0.15, -0.1) is 0 Å². The van der Waals surface area contributed by atoms with Crippen molar-refractivity contribution >= 4 is 41.3 Å². The molecule has 1 aliphatic heterocycles. The molecule has 0 radical (unpaired) electrons. The smallest absolute Gasteiger partial charge is 0.264 e. The van der Waals surface area contributed by atoms with E-state index in [9.17, 15) is 30.4 Å². The van der Waals surface area contributed by atoms with E-state index in [1.165, 1.54) is 87.0 Å². The minimum atomic E-state index is -4.34. The average molecular weight is 583 g/mol. The van der Waals surface area contributed by atoms with Gasteiger partial charge in [-0.2, -0.15) is 0 Å². The summed E-state index contributed by atoms with van der Waals surface area (Å²) in [5.41, 5.74) is 0.195. The molecule has 0 saturated carbocycles. The van der Waals surface area contributed by atoms with Crippen molar-refractivity contribution in [3.05, 3.63) is 72.8 Å². The molecule has 14 heteroatoms. The Kier molecular flexibility index (Phi) is 7.61. The Labute approximate surface area is 221 Å². The number of nitrogens with one attached hydrogen (secondary N) is 1. The highest BCUT2D eigenvalue weighted by molar-refractivity contribution is 7.93. The minimum Gasteiger partial charge on any atom is -0.497 e. The molecular formula is C24H26N2O9S3. The number of aliphatic hydroxyl groups excluding tert-OH is 1. The van der Waals surface area contributed by atoms with Crippen LogP contribution in [0.3, 0.4) is 0 Å². The molecule has 1 heterocycles. The van der Waals surface area contributed by atoms with Gasteiger partial charge in [0.15, 0.2) is 9.84 Å². The molecule has 0 unspecified atom stereocenters. The summed E-state index contributed by atoms with van der Waals surface area (Å²) in [6.45, 7) is 0. The summed E-state index contributed by atoms with van der Waals surface area (Å²) in [5.74, 6) is -0.239. The number of nitrogens with zero attached hydrogens (tertiary/aromatic N) is 1. The number of ether oxygens (including phenoxy) is 2. The van der Waals surface area contributed by atoms with E-state index < -0.39 is 53.5 Å². The molecule has 0 bridgehead atoms. The first-order valence-corrected chi connectivity index (χ1v) is 15.9. The van der Waals surface area contributed by atoms with Gasteiger partial charge in [-0.05, 0) is 72.8 Å². The summed E-state index contributed by atoms with van der Waals surface area (Å²) in [6.07, 6.45) is -1.46. The third-order valence-electron chi connectivity index (χ3n) is 5.95. The maximum absolute atomic E-state index is 13.7. The van der Waals surface area contributed by atoms with Crippen LogP contribution in [0.2, 0.25) is 0 Å². The van der Waals surface area contributed by atoms with Gasteiger partial charge in [0.1, 0.15) is 11.5 Å². The van der Waals surface area contributed by atoms with Crippen LogP contribution in [0, 0.1) is 0 Å². The first kappa shape index (κ1) is 27.7. The first-order valence-electron chi connectivity index (χ1n) is 11.2. The van der Waals surface area contributed by atoms with E-state index in [2.05, 4.69) is 4.72 Å². The van der Waals surface area contributed by atoms with Crippen molar-refractivity contribution in [2.24, 2.45) is 0 Å². The van der Waals surface area contributed by atoms with Gasteiger partial charge in [-0.25, -0.2) is 25.3 Å². The van der Waals surface area contributed by atoms with Gasteiger partial charge in [-0.3, -0.25) is 9.03 Å². The number of sulfonamides is 2. The number of sulfone groups is 1. The van der Waals surface area contributed by atoms with Gasteiger partial charge in [0.05, 0.1) is 53.3 Å². The van der Waals surface area contributed by atoms with Crippen molar-refractivity contribution in [1.29, 1.82) is 0 Å². The predicted octanol–water partition coefficient (Wildman–Crippen LogP) is 1.86. The lowest BCUT2D eigenvalue weighted by molar-refractivity contribution is 0.184. The number of rotatable bonds is 9. The van der Waals surface area contributed by atoms with Crippen LogP contribution in [0.15, 0.2) is 82.6 Å². The fourth-order valence-electron chi connectivity index (χ4n) is 4.05. The second-order valence-corrected chi connectivity index (χ2v) is 14.2. The molecule has 38 heavy (non-hydrogen) atoms. The van der Waals surface area contributed by atoms with Crippen LogP contribution in [0.1, 0.15) is 0 Å². The van der Waals surface area contributed by atoms with Gasteiger partial charge in [0, 0.05) is 5.69 Å². The molecule has 11 nitrogen and oxygen atoms in total. The molecule has 1 fully saturated rings. The summed E-state index contributed by atoms with van der Waals surface area (Å²) in [7, 11) is -9.10. The topological polar surface area (TPSA) is 156 Å². The molecule has 1 aliphatic rings. The number of hydrogen-bond donors (Lipinski definition) is 2. The first-order chi connectivity index (χ1) is 17.9. The maximum Gasteiger partial charge on any atom is 0.264 e. The summed E-state index contributed by atoms with van der Waals surface area (Å²) in [6, 6.07) is 15.4. The molecule has 3 aromatic rings. The molecule has 0 aliphatic carbocycles. The van der Waals surface area contributed by atoms with Crippen molar-refractivity contribution in [3.63, 3.8) is 0 Å². The summed E-state index contributed by atoms with van der Waals surface area (Å²) in [5, 5.41) is 10.5. The van der Waals surface area contributed by atoms with Crippen molar-refractivity contribution in [3.8, 4) is 11.5 Å². The second-order valence-electron chi connectivity index (χ2n) is 8.52. The van der Waals surface area contributed by atoms with E-state index >= 15 is 0 Å². The van der Waals surface area contributed by atoms with Crippen LogP contribution < -0.4 is 18.5 Å². The number of methoxy groups -OCH3 is 2. The van der Waals surface area contributed by atoms with Crippen molar-refractivity contribution in [2.45, 2.75) is 21.9 Å².